The van der Waals surface area contributed by atoms with E-state index in [1.165, 1.54) is 0 Å². The van der Waals surface area contributed by atoms with E-state index in [0.29, 0.717) is 30.2 Å². The van der Waals surface area contributed by atoms with Gasteiger partial charge in [-0.2, -0.15) is 0 Å². The summed E-state index contributed by atoms with van der Waals surface area (Å²) in [4.78, 5) is 32.8. The van der Waals surface area contributed by atoms with E-state index in [1.54, 1.807) is 45.8 Å². The van der Waals surface area contributed by atoms with E-state index >= 15 is 0 Å². The highest BCUT2D eigenvalue weighted by molar-refractivity contribution is 7.20. The monoisotopic (exact) mass is 460 g/mol. The van der Waals surface area contributed by atoms with Crippen LogP contribution in [-0.2, 0) is 11.3 Å². The Hall–Kier alpha value is -2.42. The molecule has 30 heavy (non-hydrogen) atoms. The Morgan fingerprint density at radius 3 is 2.93 bits per heavy atom. The van der Waals surface area contributed by atoms with Gasteiger partial charge in [0, 0.05) is 22.6 Å². The SMILES string of the molecule is Cc1c(Cl)cccc1NC(=O)N1CCC[C@@H]1C(=O)NCc1csc(-c2cccs2)n1. The average Bonchev–Trinajstić information content (AvgIpc) is 3.50. The van der Waals surface area contributed by atoms with Crippen LogP contribution in [0.1, 0.15) is 24.1 Å². The van der Waals surface area contributed by atoms with Gasteiger partial charge in [0.1, 0.15) is 11.0 Å². The lowest BCUT2D eigenvalue weighted by Crippen LogP contribution is -2.47. The number of urea groups is 1. The molecular weight excluding hydrogens is 440 g/mol. The number of likely N-dealkylation sites (tertiary alicyclic amines) is 1. The van der Waals surface area contributed by atoms with Gasteiger partial charge >= 0.3 is 6.03 Å². The number of nitrogens with one attached hydrogen (secondary N) is 2. The fourth-order valence-electron chi connectivity index (χ4n) is 3.41. The highest BCUT2D eigenvalue weighted by Gasteiger charge is 2.34. The fourth-order valence-corrected chi connectivity index (χ4v) is 5.22. The number of nitrogens with zero attached hydrogens (tertiary/aromatic N) is 2. The van der Waals surface area contributed by atoms with Crippen molar-refractivity contribution in [2.45, 2.75) is 32.4 Å². The molecule has 1 atom stereocenters. The Kier molecular flexibility index (Phi) is 6.36. The molecule has 0 unspecified atom stereocenters. The highest BCUT2D eigenvalue weighted by Crippen LogP contribution is 2.28. The van der Waals surface area contributed by atoms with Crippen LogP contribution < -0.4 is 10.6 Å². The zero-order chi connectivity index (χ0) is 21.1. The molecule has 156 valence electrons. The number of hydrogen-bond donors (Lipinski definition) is 2. The van der Waals surface area contributed by atoms with Crippen molar-refractivity contribution < 1.29 is 9.59 Å². The first-order valence-electron chi connectivity index (χ1n) is 9.61. The Morgan fingerprint density at radius 1 is 1.27 bits per heavy atom. The first kappa shape index (κ1) is 20.8. The minimum atomic E-state index is -0.486. The number of thiazole rings is 1. The summed E-state index contributed by atoms with van der Waals surface area (Å²) in [5, 5.41) is 11.3. The van der Waals surface area contributed by atoms with Crippen molar-refractivity contribution in [1.82, 2.24) is 15.2 Å². The van der Waals surface area contributed by atoms with E-state index in [-0.39, 0.29) is 11.9 Å². The van der Waals surface area contributed by atoms with Crippen LogP contribution in [0.4, 0.5) is 10.5 Å². The minimum Gasteiger partial charge on any atom is -0.349 e. The highest BCUT2D eigenvalue weighted by atomic mass is 35.5. The van der Waals surface area contributed by atoms with Crippen molar-refractivity contribution in [3.8, 4) is 9.88 Å². The Bertz CT molecular complexity index is 1050. The molecule has 3 amide bonds. The third-order valence-electron chi connectivity index (χ3n) is 5.05. The van der Waals surface area contributed by atoms with Crippen molar-refractivity contribution in [3.63, 3.8) is 0 Å². The zero-order valence-electron chi connectivity index (χ0n) is 16.4. The second-order valence-electron chi connectivity index (χ2n) is 7.03. The van der Waals surface area contributed by atoms with Crippen LogP contribution in [0.2, 0.25) is 5.02 Å². The summed E-state index contributed by atoms with van der Waals surface area (Å²) in [6, 6.07) is 8.62. The van der Waals surface area contributed by atoms with E-state index < -0.39 is 6.04 Å². The van der Waals surface area contributed by atoms with Crippen LogP contribution in [0.15, 0.2) is 41.1 Å². The van der Waals surface area contributed by atoms with Crippen LogP contribution in [-0.4, -0.2) is 34.4 Å². The predicted molar refractivity (Wildman–Crippen MR) is 122 cm³/mol. The average molecular weight is 461 g/mol. The number of carbonyl (C=O) groups is 2. The predicted octanol–water partition coefficient (Wildman–Crippen LogP) is 5.15. The second-order valence-corrected chi connectivity index (χ2v) is 9.25. The first-order chi connectivity index (χ1) is 14.5. The number of thiophene rings is 1. The molecule has 1 aliphatic rings. The van der Waals surface area contributed by atoms with Gasteiger partial charge in [0.05, 0.1) is 17.1 Å². The van der Waals surface area contributed by atoms with Crippen molar-refractivity contribution in [3.05, 3.63) is 57.4 Å². The number of halogens is 1. The third-order valence-corrected chi connectivity index (χ3v) is 7.39. The Labute approximate surface area is 187 Å². The summed E-state index contributed by atoms with van der Waals surface area (Å²) < 4.78 is 0. The summed E-state index contributed by atoms with van der Waals surface area (Å²) in [6.45, 7) is 2.74. The third kappa shape index (κ3) is 4.50. The Morgan fingerprint density at radius 2 is 2.13 bits per heavy atom. The molecule has 1 fully saturated rings. The molecular formula is C21H21ClN4O2S2. The fraction of sp³-hybridized carbons (Fsp3) is 0.286. The van der Waals surface area contributed by atoms with Crippen molar-refractivity contribution in [1.29, 1.82) is 0 Å². The van der Waals surface area contributed by atoms with Gasteiger partial charge in [0.25, 0.3) is 0 Å². The molecule has 2 aromatic heterocycles. The molecule has 3 heterocycles. The van der Waals surface area contributed by atoms with Gasteiger partial charge in [-0.1, -0.05) is 23.7 Å². The molecule has 0 bridgehead atoms. The normalized spacial score (nSPS) is 15.9. The molecule has 2 N–H and O–H groups in total. The molecule has 1 aromatic carbocycles. The van der Waals surface area contributed by atoms with E-state index in [2.05, 4.69) is 15.6 Å². The van der Waals surface area contributed by atoms with Gasteiger partial charge in [0.2, 0.25) is 5.91 Å². The second kappa shape index (κ2) is 9.16. The van der Waals surface area contributed by atoms with Gasteiger partial charge in [-0.3, -0.25) is 4.79 Å². The largest absolute Gasteiger partial charge is 0.349 e. The van der Waals surface area contributed by atoms with E-state index in [9.17, 15) is 9.59 Å². The van der Waals surface area contributed by atoms with Gasteiger partial charge in [0.15, 0.2) is 0 Å². The van der Waals surface area contributed by atoms with Crippen LogP contribution in [0.3, 0.4) is 0 Å². The molecule has 4 rings (SSSR count). The van der Waals surface area contributed by atoms with Crippen LogP contribution >= 0.6 is 34.3 Å². The van der Waals surface area contributed by atoms with Gasteiger partial charge in [-0.05, 0) is 48.9 Å². The number of benzene rings is 1. The van der Waals surface area contributed by atoms with Crippen molar-refractivity contribution in [2.24, 2.45) is 0 Å². The number of aromatic nitrogens is 1. The molecule has 1 aliphatic heterocycles. The standard InChI is InChI=1S/C21H21ClN4O2S2/c1-13-15(22)5-2-6-16(13)25-21(28)26-9-3-7-17(26)19(27)23-11-14-12-30-20(24-14)18-8-4-10-29-18/h2,4-6,8,10,12,17H,3,7,9,11H2,1H3,(H,23,27)(H,25,28)/t17-/m1/s1. The maximum Gasteiger partial charge on any atom is 0.322 e. The summed E-state index contributed by atoms with van der Waals surface area (Å²) in [7, 11) is 0. The Balaban J connectivity index is 1.36. The number of amides is 3. The van der Waals surface area contributed by atoms with Crippen molar-refractivity contribution >= 4 is 51.9 Å². The maximum atomic E-state index is 12.8. The first-order valence-corrected chi connectivity index (χ1v) is 11.8. The topological polar surface area (TPSA) is 74.3 Å². The lowest BCUT2D eigenvalue weighted by molar-refractivity contribution is -0.124. The molecule has 1 saturated heterocycles. The van der Waals surface area contributed by atoms with E-state index in [4.69, 9.17) is 11.6 Å². The summed E-state index contributed by atoms with van der Waals surface area (Å²) in [5.74, 6) is -0.156. The van der Waals surface area contributed by atoms with Gasteiger partial charge < -0.3 is 15.5 Å². The molecule has 6 nitrogen and oxygen atoms in total. The molecule has 0 spiro atoms. The van der Waals surface area contributed by atoms with Crippen molar-refractivity contribution in [2.75, 3.05) is 11.9 Å². The smallest absolute Gasteiger partial charge is 0.322 e. The number of carbonyl (C=O) groups excluding carboxylic acids is 2. The summed E-state index contributed by atoms with van der Waals surface area (Å²) >= 11 is 9.34. The molecule has 9 heteroatoms. The molecule has 3 aromatic rings. The number of hydrogen-bond acceptors (Lipinski definition) is 5. The number of rotatable bonds is 5. The molecule has 0 radical (unpaired) electrons. The maximum absolute atomic E-state index is 12.8. The summed E-state index contributed by atoms with van der Waals surface area (Å²) in [5.41, 5.74) is 2.28. The lowest BCUT2D eigenvalue weighted by atomic mass is 10.2. The lowest BCUT2D eigenvalue weighted by Gasteiger charge is -2.24. The van der Waals surface area contributed by atoms with Crippen LogP contribution in [0.25, 0.3) is 9.88 Å². The van der Waals surface area contributed by atoms with E-state index in [1.807, 2.05) is 29.8 Å². The summed E-state index contributed by atoms with van der Waals surface area (Å²) in [6.07, 6.45) is 1.44. The quantitative estimate of drug-likeness (QED) is 0.553. The van der Waals surface area contributed by atoms with Crippen LogP contribution in [0, 0.1) is 6.92 Å². The molecule has 0 aliphatic carbocycles. The van der Waals surface area contributed by atoms with Crippen LogP contribution in [0.5, 0.6) is 0 Å². The van der Waals surface area contributed by atoms with Gasteiger partial charge in [-0.25, -0.2) is 9.78 Å². The minimum absolute atomic E-state index is 0.156. The molecule has 0 saturated carbocycles. The number of anilines is 1. The van der Waals surface area contributed by atoms with Gasteiger partial charge in [-0.15, -0.1) is 22.7 Å². The van der Waals surface area contributed by atoms with E-state index in [0.717, 1.165) is 27.6 Å². The zero-order valence-corrected chi connectivity index (χ0v) is 18.7.